The molecule has 0 spiro atoms. The van der Waals surface area contributed by atoms with Crippen molar-refractivity contribution >= 4 is 38.8 Å². The second kappa shape index (κ2) is 4.74. The van der Waals surface area contributed by atoms with Crippen molar-refractivity contribution in [2.24, 2.45) is 0 Å². The maximum Gasteiger partial charge on any atom is 0.263 e. The van der Waals surface area contributed by atoms with E-state index in [1.54, 1.807) is 0 Å². The largest absolute Gasteiger partial charge is 0.270 e. The molecular weight excluding hydrogens is 348 g/mol. The van der Waals surface area contributed by atoms with Crippen LogP contribution in [0.4, 0.5) is 0 Å². The molecule has 108 valence electrons. The number of aromatic amines is 1. The van der Waals surface area contributed by atoms with E-state index in [0.29, 0.717) is 22.2 Å². The zero-order valence-electron chi connectivity index (χ0n) is 11.2. The van der Waals surface area contributed by atoms with Gasteiger partial charge < -0.3 is 0 Å². The first-order chi connectivity index (χ1) is 10.6. The van der Waals surface area contributed by atoms with E-state index in [-0.39, 0.29) is 18.4 Å². The van der Waals surface area contributed by atoms with Crippen LogP contribution < -0.4 is 0 Å². The van der Waals surface area contributed by atoms with E-state index in [0.717, 1.165) is 10.0 Å². The molecule has 0 saturated carbocycles. The van der Waals surface area contributed by atoms with Gasteiger partial charge in [-0.2, -0.15) is 5.10 Å². The van der Waals surface area contributed by atoms with E-state index >= 15 is 0 Å². The summed E-state index contributed by atoms with van der Waals surface area (Å²) in [5.74, 6) is -0.635. The highest BCUT2D eigenvalue weighted by Gasteiger charge is 2.37. The average molecular weight is 357 g/mol. The summed E-state index contributed by atoms with van der Waals surface area (Å²) in [6.07, 6.45) is 2.95. The van der Waals surface area contributed by atoms with Crippen LogP contribution in [0.2, 0.25) is 0 Å². The predicted octanol–water partition coefficient (Wildman–Crippen LogP) is 2.52. The van der Waals surface area contributed by atoms with E-state index in [1.807, 2.05) is 24.3 Å². The van der Waals surface area contributed by atoms with Gasteiger partial charge in [0.2, 0.25) is 0 Å². The quantitative estimate of drug-likeness (QED) is 0.715. The Hall–Kier alpha value is -2.54. The number of halogens is 1. The summed E-state index contributed by atoms with van der Waals surface area (Å²) < 4.78 is 0.903. The molecule has 0 bridgehead atoms. The lowest BCUT2D eigenvalue weighted by Gasteiger charge is -2.13. The summed E-state index contributed by atoms with van der Waals surface area (Å²) in [6.45, 7) is 0.227. The van der Waals surface area contributed by atoms with Gasteiger partial charge in [0.25, 0.3) is 11.8 Å². The third kappa shape index (κ3) is 1.86. The predicted molar refractivity (Wildman–Crippen MR) is 82.2 cm³/mol. The number of pyridine rings is 1. The van der Waals surface area contributed by atoms with E-state index in [4.69, 9.17) is 0 Å². The number of rotatable bonds is 2. The first-order valence-corrected chi connectivity index (χ1v) is 7.37. The lowest BCUT2D eigenvalue weighted by Crippen LogP contribution is -2.29. The van der Waals surface area contributed by atoms with Gasteiger partial charge >= 0.3 is 0 Å². The molecular formula is C15H9BrN4O2. The minimum Gasteiger partial charge on any atom is -0.270 e. The topological polar surface area (TPSA) is 79.0 Å². The van der Waals surface area contributed by atoms with Crippen LogP contribution in [-0.4, -0.2) is 31.9 Å². The highest BCUT2D eigenvalue weighted by atomic mass is 79.9. The maximum absolute atomic E-state index is 12.6. The zero-order chi connectivity index (χ0) is 15.3. The number of fused-ring (bicyclic) bond motifs is 3. The van der Waals surface area contributed by atoms with Gasteiger partial charge in [-0.15, -0.1) is 0 Å². The molecule has 3 aromatic rings. The molecule has 6 nitrogen and oxygen atoms in total. The fourth-order valence-corrected chi connectivity index (χ4v) is 3.07. The van der Waals surface area contributed by atoms with Gasteiger partial charge in [-0.1, -0.05) is 28.1 Å². The molecule has 1 aromatic carbocycles. The molecule has 22 heavy (non-hydrogen) atoms. The monoisotopic (exact) mass is 356 g/mol. The number of H-pyrrole nitrogens is 1. The summed E-state index contributed by atoms with van der Waals surface area (Å²) in [4.78, 5) is 30.5. The summed E-state index contributed by atoms with van der Waals surface area (Å²) in [5, 5.41) is 7.17. The molecule has 7 heteroatoms. The Labute approximate surface area is 133 Å². The Balaban J connectivity index is 1.77. The second-order valence-electron chi connectivity index (χ2n) is 5.01. The number of amides is 2. The molecule has 1 aliphatic heterocycles. The number of hydrogen-bond donors (Lipinski definition) is 1. The molecule has 1 aliphatic rings. The molecule has 0 fully saturated rings. The van der Waals surface area contributed by atoms with Crippen LogP contribution in [0.1, 0.15) is 26.3 Å². The van der Waals surface area contributed by atoms with Crippen LogP contribution in [0.15, 0.2) is 41.1 Å². The maximum atomic E-state index is 12.6. The van der Waals surface area contributed by atoms with Crippen LogP contribution in [-0.2, 0) is 6.54 Å². The fourth-order valence-electron chi connectivity index (χ4n) is 2.63. The Morgan fingerprint density at radius 1 is 1.18 bits per heavy atom. The molecule has 0 saturated heterocycles. The third-order valence-electron chi connectivity index (χ3n) is 3.64. The molecule has 0 radical (unpaired) electrons. The van der Waals surface area contributed by atoms with E-state index in [9.17, 15) is 9.59 Å². The Bertz CT molecular complexity index is 934. The number of benzene rings is 1. The summed E-state index contributed by atoms with van der Waals surface area (Å²) >= 11 is 3.39. The highest BCUT2D eigenvalue weighted by Crippen LogP contribution is 2.29. The lowest BCUT2D eigenvalue weighted by atomic mass is 10.1. The SMILES string of the molecule is O=C1c2cnc3[nH]ncc3c2C(=O)N1Cc1cccc(Br)c1. The number of carbonyl (C=O) groups excluding carboxylic acids is 2. The molecule has 0 aliphatic carbocycles. The smallest absolute Gasteiger partial charge is 0.263 e. The number of carbonyl (C=O) groups is 2. The number of nitrogens with one attached hydrogen (secondary N) is 1. The summed E-state index contributed by atoms with van der Waals surface area (Å²) in [5.41, 5.74) is 2.08. The summed E-state index contributed by atoms with van der Waals surface area (Å²) in [6, 6.07) is 7.52. The van der Waals surface area contributed by atoms with Crippen LogP contribution in [0.25, 0.3) is 11.0 Å². The van der Waals surface area contributed by atoms with E-state index in [2.05, 4.69) is 31.1 Å². The van der Waals surface area contributed by atoms with Gasteiger partial charge in [-0.3, -0.25) is 19.6 Å². The van der Waals surface area contributed by atoms with Crippen molar-refractivity contribution in [2.75, 3.05) is 0 Å². The van der Waals surface area contributed by atoms with Gasteiger partial charge in [0.05, 0.1) is 29.3 Å². The third-order valence-corrected chi connectivity index (χ3v) is 4.14. The van der Waals surface area contributed by atoms with Gasteiger partial charge in [0.15, 0.2) is 5.65 Å². The van der Waals surface area contributed by atoms with Crippen molar-refractivity contribution in [1.82, 2.24) is 20.1 Å². The normalized spacial score (nSPS) is 14.0. The van der Waals surface area contributed by atoms with Crippen molar-refractivity contribution in [3.05, 3.63) is 57.8 Å². The molecule has 0 atom stereocenters. The van der Waals surface area contributed by atoms with Crippen LogP contribution >= 0.6 is 15.9 Å². The Morgan fingerprint density at radius 2 is 2.05 bits per heavy atom. The average Bonchev–Trinajstić information content (AvgIpc) is 3.06. The molecule has 1 N–H and O–H groups in total. The fraction of sp³-hybridized carbons (Fsp3) is 0.0667. The molecule has 4 rings (SSSR count). The first kappa shape index (κ1) is 13.1. The first-order valence-electron chi connectivity index (χ1n) is 6.58. The van der Waals surface area contributed by atoms with Crippen molar-refractivity contribution in [3.8, 4) is 0 Å². The Kier molecular flexibility index (Phi) is 2.83. The van der Waals surface area contributed by atoms with Gasteiger partial charge in [0.1, 0.15) is 0 Å². The minimum atomic E-state index is -0.324. The van der Waals surface area contributed by atoms with Crippen molar-refractivity contribution in [2.45, 2.75) is 6.54 Å². The van der Waals surface area contributed by atoms with Gasteiger partial charge in [-0.25, -0.2) is 4.98 Å². The van der Waals surface area contributed by atoms with E-state index < -0.39 is 0 Å². The van der Waals surface area contributed by atoms with Crippen LogP contribution in [0.3, 0.4) is 0 Å². The van der Waals surface area contributed by atoms with Crippen molar-refractivity contribution in [1.29, 1.82) is 0 Å². The molecule has 3 heterocycles. The molecule has 0 unspecified atom stereocenters. The summed E-state index contributed by atoms with van der Waals surface area (Å²) in [7, 11) is 0. The van der Waals surface area contributed by atoms with Crippen molar-refractivity contribution in [3.63, 3.8) is 0 Å². The number of aromatic nitrogens is 3. The number of imide groups is 1. The second-order valence-corrected chi connectivity index (χ2v) is 5.92. The van der Waals surface area contributed by atoms with Crippen LogP contribution in [0.5, 0.6) is 0 Å². The zero-order valence-corrected chi connectivity index (χ0v) is 12.8. The minimum absolute atomic E-state index is 0.227. The number of hydrogen-bond acceptors (Lipinski definition) is 4. The van der Waals surface area contributed by atoms with Gasteiger partial charge in [0, 0.05) is 10.7 Å². The highest BCUT2D eigenvalue weighted by molar-refractivity contribution is 9.10. The molecule has 2 aromatic heterocycles. The Morgan fingerprint density at radius 3 is 2.86 bits per heavy atom. The van der Waals surface area contributed by atoms with E-state index in [1.165, 1.54) is 17.3 Å². The standard InChI is InChI=1S/C15H9BrN4O2/c16-9-3-1-2-8(4-9)7-20-14(21)11-5-17-13-10(6-18-19-13)12(11)15(20)22/h1-6H,7H2,(H,17,18,19). The lowest BCUT2D eigenvalue weighted by molar-refractivity contribution is 0.0643. The van der Waals surface area contributed by atoms with Crippen molar-refractivity contribution < 1.29 is 9.59 Å². The van der Waals surface area contributed by atoms with Crippen LogP contribution in [0, 0.1) is 0 Å². The van der Waals surface area contributed by atoms with Gasteiger partial charge in [-0.05, 0) is 17.7 Å². The number of nitrogens with zero attached hydrogens (tertiary/aromatic N) is 3. The molecule has 2 amide bonds.